The highest BCUT2D eigenvalue weighted by Crippen LogP contribution is 2.26. The maximum atomic E-state index is 10.6. The third kappa shape index (κ3) is 2.52. The number of rotatable bonds is 1. The first-order valence-electron chi connectivity index (χ1n) is 4.37. The van der Waals surface area contributed by atoms with Crippen molar-refractivity contribution in [1.82, 2.24) is 0 Å². The molecule has 1 saturated carbocycles. The van der Waals surface area contributed by atoms with E-state index in [4.69, 9.17) is 4.74 Å². The molecule has 64 valence electrons. The Hall–Kier alpha value is -0.530. The Morgan fingerprint density at radius 2 is 2.00 bits per heavy atom. The van der Waals surface area contributed by atoms with E-state index in [9.17, 15) is 4.79 Å². The Kier molecular flexibility index (Phi) is 2.92. The molecule has 0 radical (unpaired) electrons. The Morgan fingerprint density at radius 1 is 1.36 bits per heavy atom. The van der Waals surface area contributed by atoms with Crippen molar-refractivity contribution in [2.24, 2.45) is 5.92 Å². The highest BCUT2D eigenvalue weighted by atomic mass is 16.5. The Morgan fingerprint density at radius 3 is 2.55 bits per heavy atom. The summed E-state index contributed by atoms with van der Waals surface area (Å²) >= 11 is 0. The summed E-state index contributed by atoms with van der Waals surface area (Å²) < 4.78 is 5.16. The third-order valence-electron chi connectivity index (χ3n) is 2.35. The molecule has 0 heterocycles. The number of esters is 1. The Labute approximate surface area is 67.9 Å². The van der Waals surface area contributed by atoms with Crippen molar-refractivity contribution in [2.45, 2.75) is 45.6 Å². The molecule has 2 atom stereocenters. The molecule has 11 heavy (non-hydrogen) atoms. The van der Waals surface area contributed by atoms with Gasteiger partial charge in [-0.15, -0.1) is 0 Å². The van der Waals surface area contributed by atoms with Gasteiger partial charge in [0, 0.05) is 6.92 Å². The zero-order chi connectivity index (χ0) is 8.27. The van der Waals surface area contributed by atoms with Gasteiger partial charge in [0.05, 0.1) is 0 Å². The quantitative estimate of drug-likeness (QED) is 0.543. The summed E-state index contributed by atoms with van der Waals surface area (Å²) in [5.41, 5.74) is 0. The highest BCUT2D eigenvalue weighted by Gasteiger charge is 2.23. The molecule has 0 aromatic heterocycles. The van der Waals surface area contributed by atoms with Gasteiger partial charge in [0.25, 0.3) is 0 Å². The first-order valence-corrected chi connectivity index (χ1v) is 4.37. The van der Waals surface area contributed by atoms with Crippen molar-refractivity contribution in [1.29, 1.82) is 0 Å². The molecule has 0 bridgehead atoms. The van der Waals surface area contributed by atoms with Gasteiger partial charge in [-0.05, 0) is 25.2 Å². The lowest BCUT2D eigenvalue weighted by Gasteiger charge is -2.27. The van der Waals surface area contributed by atoms with E-state index in [-0.39, 0.29) is 12.1 Å². The highest BCUT2D eigenvalue weighted by molar-refractivity contribution is 5.66. The van der Waals surface area contributed by atoms with E-state index < -0.39 is 0 Å². The van der Waals surface area contributed by atoms with Gasteiger partial charge in [0.15, 0.2) is 0 Å². The smallest absolute Gasteiger partial charge is 0.302 e. The van der Waals surface area contributed by atoms with Crippen LogP contribution in [0.1, 0.15) is 39.5 Å². The van der Waals surface area contributed by atoms with Crippen LogP contribution in [0.2, 0.25) is 0 Å². The van der Waals surface area contributed by atoms with E-state index in [0.717, 1.165) is 6.42 Å². The molecule has 1 rings (SSSR count). The first kappa shape index (κ1) is 8.57. The van der Waals surface area contributed by atoms with Crippen LogP contribution in [0.4, 0.5) is 0 Å². The van der Waals surface area contributed by atoms with Crippen LogP contribution >= 0.6 is 0 Å². The molecule has 0 aromatic carbocycles. The van der Waals surface area contributed by atoms with Crippen molar-refractivity contribution in [3.05, 3.63) is 0 Å². The molecule has 1 aliphatic rings. The van der Waals surface area contributed by atoms with Crippen LogP contribution in [0.25, 0.3) is 0 Å². The largest absolute Gasteiger partial charge is 0.462 e. The van der Waals surface area contributed by atoms with Crippen LogP contribution in [-0.2, 0) is 9.53 Å². The van der Waals surface area contributed by atoms with E-state index in [1.807, 2.05) is 0 Å². The molecule has 1 unspecified atom stereocenters. The summed E-state index contributed by atoms with van der Waals surface area (Å²) in [5.74, 6) is 0.427. The zero-order valence-corrected chi connectivity index (χ0v) is 7.30. The van der Waals surface area contributed by atoms with Crippen molar-refractivity contribution in [2.75, 3.05) is 0 Å². The minimum absolute atomic E-state index is 0.135. The molecule has 1 aliphatic carbocycles. The summed E-state index contributed by atoms with van der Waals surface area (Å²) in [6, 6.07) is 0. The van der Waals surface area contributed by atoms with E-state index in [2.05, 4.69) is 6.92 Å². The fraction of sp³-hybridized carbons (Fsp3) is 0.889. The lowest BCUT2D eigenvalue weighted by atomic mass is 9.88. The average molecular weight is 156 g/mol. The molecular formula is C9H16O2. The summed E-state index contributed by atoms with van der Waals surface area (Å²) in [5, 5.41) is 0. The Balaban J connectivity index is 2.35. The molecule has 0 N–H and O–H groups in total. The number of carbonyl (C=O) groups is 1. The van der Waals surface area contributed by atoms with Crippen molar-refractivity contribution < 1.29 is 9.53 Å². The second-order valence-electron chi connectivity index (χ2n) is 3.41. The van der Waals surface area contributed by atoms with Crippen molar-refractivity contribution >= 4 is 5.97 Å². The fourth-order valence-corrected chi connectivity index (χ4v) is 1.67. The Bertz CT molecular complexity index is 142. The average Bonchev–Trinajstić information content (AvgIpc) is 1.93. The zero-order valence-electron chi connectivity index (χ0n) is 7.30. The number of hydrogen-bond donors (Lipinski definition) is 0. The normalized spacial score (nSPS) is 31.5. The van der Waals surface area contributed by atoms with Gasteiger partial charge in [-0.25, -0.2) is 0 Å². The second kappa shape index (κ2) is 3.74. The lowest BCUT2D eigenvalue weighted by molar-refractivity contribution is -0.150. The van der Waals surface area contributed by atoms with Gasteiger partial charge in [0.1, 0.15) is 6.10 Å². The molecule has 2 heteroatoms. The molecule has 1 fully saturated rings. The van der Waals surface area contributed by atoms with Crippen LogP contribution in [0, 0.1) is 5.92 Å². The number of hydrogen-bond acceptors (Lipinski definition) is 2. The van der Waals surface area contributed by atoms with Crippen LogP contribution in [0.5, 0.6) is 0 Å². The standard InChI is InChI=1S/C9H16O2/c1-7-5-3-4-6-9(7)11-8(2)10/h7,9H,3-6H2,1-2H3/t7?,9-/m1/s1. The van der Waals surface area contributed by atoms with Gasteiger partial charge in [-0.3, -0.25) is 4.79 Å². The fourth-order valence-electron chi connectivity index (χ4n) is 1.67. The molecule has 0 aliphatic heterocycles. The summed E-state index contributed by atoms with van der Waals surface area (Å²) in [7, 11) is 0. The predicted molar refractivity (Wildman–Crippen MR) is 43.2 cm³/mol. The van der Waals surface area contributed by atoms with Gasteiger partial charge in [0.2, 0.25) is 0 Å². The predicted octanol–water partition coefficient (Wildman–Crippen LogP) is 2.13. The van der Waals surface area contributed by atoms with Crippen molar-refractivity contribution in [3.63, 3.8) is 0 Å². The molecule has 2 nitrogen and oxygen atoms in total. The number of ether oxygens (including phenoxy) is 1. The van der Waals surface area contributed by atoms with E-state index in [1.54, 1.807) is 0 Å². The second-order valence-corrected chi connectivity index (χ2v) is 3.41. The minimum Gasteiger partial charge on any atom is -0.462 e. The van der Waals surface area contributed by atoms with E-state index >= 15 is 0 Å². The van der Waals surface area contributed by atoms with Gasteiger partial charge >= 0.3 is 5.97 Å². The lowest BCUT2D eigenvalue weighted by Crippen LogP contribution is -2.27. The van der Waals surface area contributed by atoms with E-state index in [0.29, 0.717) is 5.92 Å². The van der Waals surface area contributed by atoms with Crippen LogP contribution < -0.4 is 0 Å². The third-order valence-corrected chi connectivity index (χ3v) is 2.35. The maximum Gasteiger partial charge on any atom is 0.302 e. The van der Waals surface area contributed by atoms with Gasteiger partial charge in [-0.1, -0.05) is 13.3 Å². The summed E-state index contributed by atoms with van der Waals surface area (Å²) in [6.07, 6.45) is 4.96. The van der Waals surface area contributed by atoms with Gasteiger partial charge < -0.3 is 4.74 Å². The molecule has 0 saturated heterocycles. The summed E-state index contributed by atoms with van der Waals surface area (Å²) in [4.78, 5) is 10.6. The number of carbonyl (C=O) groups excluding carboxylic acids is 1. The van der Waals surface area contributed by atoms with Crippen LogP contribution in [-0.4, -0.2) is 12.1 Å². The minimum atomic E-state index is -0.135. The monoisotopic (exact) mass is 156 g/mol. The molecule has 0 aromatic rings. The van der Waals surface area contributed by atoms with Crippen LogP contribution in [0.15, 0.2) is 0 Å². The molecular weight excluding hydrogens is 140 g/mol. The molecule has 0 amide bonds. The van der Waals surface area contributed by atoms with E-state index in [1.165, 1.54) is 26.2 Å². The topological polar surface area (TPSA) is 26.3 Å². The molecule has 0 spiro atoms. The summed E-state index contributed by atoms with van der Waals surface area (Å²) in [6.45, 7) is 3.65. The first-order chi connectivity index (χ1) is 5.20. The van der Waals surface area contributed by atoms with Crippen LogP contribution in [0.3, 0.4) is 0 Å². The maximum absolute atomic E-state index is 10.6. The van der Waals surface area contributed by atoms with Crippen molar-refractivity contribution in [3.8, 4) is 0 Å². The van der Waals surface area contributed by atoms with Gasteiger partial charge in [-0.2, -0.15) is 0 Å². The SMILES string of the molecule is CC(=O)O[C@@H]1CCCCC1C.